The maximum Gasteiger partial charge on any atom is 0.434 e. The van der Waals surface area contributed by atoms with Gasteiger partial charge >= 0.3 is 5.95 Å². The first kappa shape index (κ1) is 23.8. The normalized spacial score (nSPS) is 14.5. The van der Waals surface area contributed by atoms with Gasteiger partial charge < -0.3 is 20.7 Å². The smallest absolute Gasteiger partial charge is 0.390 e. The largest absolute Gasteiger partial charge is 0.434 e. The average Bonchev–Trinajstić information content (AvgIpc) is 3.09. The minimum Gasteiger partial charge on any atom is -0.390 e. The highest BCUT2D eigenvalue weighted by Crippen LogP contribution is 2.19. The molecule has 0 spiro atoms. The number of rotatable bonds is 14. The molecule has 0 amide bonds. The molecule has 1 heterocycles. The molecule has 0 aromatic carbocycles. The van der Waals surface area contributed by atoms with Gasteiger partial charge in [-0.1, -0.05) is 15.3 Å². The Morgan fingerprint density at radius 3 is 2.32 bits per heavy atom. The van der Waals surface area contributed by atoms with Gasteiger partial charge in [0.1, 0.15) is 24.5 Å². The first-order valence-corrected chi connectivity index (χ1v) is 9.35. The van der Waals surface area contributed by atoms with Crippen molar-refractivity contribution in [1.29, 1.82) is 0 Å². The Bertz CT molecular complexity index is 660. The number of nitrogens with one attached hydrogen (secondary N) is 2. The van der Waals surface area contributed by atoms with Crippen LogP contribution in [-0.2, 0) is 6.54 Å². The number of nitro groups is 1. The van der Waals surface area contributed by atoms with E-state index in [1.54, 1.807) is 6.92 Å². The SMILES string of the molecule is CC(N=O)C(C)(C)NCCCNC(C)(C)C(CCn1ccnc1[N+](=O)[O-])N=O. The number of hydrogen-bond acceptors (Lipinski definition) is 9. The maximum atomic E-state index is 11.4. The monoisotopic (exact) mass is 397 g/mol. The van der Waals surface area contributed by atoms with Crippen molar-refractivity contribution >= 4 is 5.95 Å². The quantitative estimate of drug-likeness (QED) is 0.212. The third-order valence-electron chi connectivity index (χ3n) is 5.18. The van der Waals surface area contributed by atoms with Crippen molar-refractivity contribution in [3.8, 4) is 0 Å². The van der Waals surface area contributed by atoms with Crippen LogP contribution in [0.15, 0.2) is 22.7 Å². The van der Waals surface area contributed by atoms with E-state index in [9.17, 15) is 19.9 Å². The molecule has 11 heteroatoms. The summed E-state index contributed by atoms with van der Waals surface area (Å²) in [4.78, 5) is 36.1. The molecule has 11 nitrogen and oxygen atoms in total. The second-order valence-electron chi connectivity index (χ2n) is 8.02. The van der Waals surface area contributed by atoms with Crippen LogP contribution in [0, 0.1) is 19.9 Å². The molecule has 0 bridgehead atoms. The van der Waals surface area contributed by atoms with Crippen molar-refractivity contribution in [2.24, 2.45) is 10.4 Å². The number of aromatic nitrogens is 2. The van der Waals surface area contributed by atoms with Crippen molar-refractivity contribution in [3.05, 3.63) is 32.3 Å². The van der Waals surface area contributed by atoms with E-state index in [0.29, 0.717) is 19.5 Å². The van der Waals surface area contributed by atoms with Gasteiger partial charge in [-0.3, -0.25) is 0 Å². The molecule has 1 rings (SSSR count). The van der Waals surface area contributed by atoms with E-state index in [2.05, 4.69) is 26.0 Å². The molecule has 0 aliphatic carbocycles. The van der Waals surface area contributed by atoms with Crippen molar-refractivity contribution in [2.75, 3.05) is 13.1 Å². The molecule has 0 aliphatic rings. The lowest BCUT2D eigenvalue weighted by molar-refractivity contribution is -0.396. The van der Waals surface area contributed by atoms with Gasteiger partial charge in [-0.05, 0) is 59.1 Å². The zero-order valence-corrected chi connectivity index (χ0v) is 17.2. The van der Waals surface area contributed by atoms with Crippen LogP contribution in [0.25, 0.3) is 0 Å². The summed E-state index contributed by atoms with van der Waals surface area (Å²) >= 11 is 0. The number of nitrogens with zero attached hydrogens (tertiary/aromatic N) is 5. The maximum absolute atomic E-state index is 11.4. The molecule has 0 saturated heterocycles. The van der Waals surface area contributed by atoms with E-state index in [-0.39, 0.29) is 24.1 Å². The van der Waals surface area contributed by atoms with Crippen LogP contribution in [0.2, 0.25) is 0 Å². The first-order valence-electron chi connectivity index (χ1n) is 9.35. The molecule has 2 unspecified atom stereocenters. The van der Waals surface area contributed by atoms with Gasteiger partial charge in [-0.15, -0.1) is 0 Å². The van der Waals surface area contributed by atoms with Crippen molar-refractivity contribution in [1.82, 2.24) is 20.2 Å². The standard InChI is InChI=1S/C17H31N7O4/c1-13(21-25)16(2,3)19-8-6-9-20-17(4,5)14(22-26)7-11-23-12-10-18-15(23)24(27)28/h10,12-14,19-20H,6-9,11H2,1-5H3. The Kier molecular flexibility index (Phi) is 8.76. The molecule has 0 aliphatic heterocycles. The predicted octanol–water partition coefficient (Wildman–Crippen LogP) is 2.60. The Hall–Kier alpha value is -2.27. The summed E-state index contributed by atoms with van der Waals surface area (Å²) in [6.07, 6.45) is 4.02. The molecule has 0 radical (unpaired) electrons. The highest BCUT2D eigenvalue weighted by Gasteiger charge is 2.31. The molecule has 2 atom stereocenters. The number of hydrogen-bond donors (Lipinski definition) is 2. The van der Waals surface area contributed by atoms with E-state index >= 15 is 0 Å². The van der Waals surface area contributed by atoms with E-state index in [0.717, 1.165) is 6.42 Å². The number of imidazole rings is 1. The summed E-state index contributed by atoms with van der Waals surface area (Å²) in [5.74, 6) is -0.247. The Morgan fingerprint density at radius 2 is 1.79 bits per heavy atom. The predicted molar refractivity (Wildman–Crippen MR) is 107 cm³/mol. The molecule has 1 aromatic heterocycles. The topological polar surface area (TPSA) is 144 Å². The minimum absolute atomic E-state index is 0.247. The summed E-state index contributed by atoms with van der Waals surface area (Å²) in [5, 5.41) is 23.9. The lowest BCUT2D eigenvalue weighted by Gasteiger charge is -2.32. The second-order valence-corrected chi connectivity index (χ2v) is 8.02. The molecular weight excluding hydrogens is 366 g/mol. The lowest BCUT2D eigenvalue weighted by Crippen LogP contribution is -2.51. The third-order valence-corrected chi connectivity index (χ3v) is 5.18. The Balaban J connectivity index is 2.48. The molecule has 2 N–H and O–H groups in total. The second kappa shape index (κ2) is 10.3. The average molecular weight is 397 g/mol. The summed E-state index contributed by atoms with van der Waals surface area (Å²) < 4.78 is 1.41. The van der Waals surface area contributed by atoms with Crippen molar-refractivity contribution in [3.63, 3.8) is 0 Å². The summed E-state index contributed by atoms with van der Waals surface area (Å²) in [7, 11) is 0. The van der Waals surface area contributed by atoms with Crippen LogP contribution < -0.4 is 10.6 Å². The zero-order valence-electron chi connectivity index (χ0n) is 17.2. The van der Waals surface area contributed by atoms with E-state index in [1.165, 1.54) is 17.0 Å². The summed E-state index contributed by atoms with van der Waals surface area (Å²) in [6.45, 7) is 11.0. The number of aryl methyl sites for hydroxylation is 1. The van der Waals surface area contributed by atoms with Crippen LogP contribution in [-0.4, -0.2) is 50.7 Å². The minimum atomic E-state index is -0.565. The van der Waals surface area contributed by atoms with Gasteiger partial charge in [0.15, 0.2) is 0 Å². The molecule has 0 saturated carbocycles. The van der Waals surface area contributed by atoms with Gasteiger partial charge in [-0.2, -0.15) is 9.81 Å². The van der Waals surface area contributed by atoms with Crippen LogP contribution in [0.5, 0.6) is 0 Å². The van der Waals surface area contributed by atoms with Crippen molar-refractivity contribution in [2.45, 2.75) is 77.2 Å². The fourth-order valence-electron chi connectivity index (χ4n) is 2.76. The molecule has 0 fully saturated rings. The fraction of sp³-hybridized carbons (Fsp3) is 0.824. The first-order chi connectivity index (χ1) is 13.0. The Morgan fingerprint density at radius 1 is 1.18 bits per heavy atom. The summed E-state index contributed by atoms with van der Waals surface area (Å²) in [5.41, 5.74) is -0.950. The van der Waals surface area contributed by atoms with E-state index < -0.39 is 16.5 Å². The molecule has 28 heavy (non-hydrogen) atoms. The van der Waals surface area contributed by atoms with Gasteiger partial charge in [0.05, 0.1) is 6.54 Å². The zero-order chi connectivity index (χ0) is 21.4. The van der Waals surface area contributed by atoms with Gasteiger partial charge in [0.25, 0.3) is 0 Å². The van der Waals surface area contributed by atoms with Gasteiger partial charge in [0.2, 0.25) is 0 Å². The van der Waals surface area contributed by atoms with Crippen LogP contribution in [0.1, 0.15) is 47.5 Å². The van der Waals surface area contributed by atoms with Gasteiger partial charge in [-0.25, -0.2) is 4.57 Å². The van der Waals surface area contributed by atoms with Crippen LogP contribution in [0.4, 0.5) is 5.95 Å². The number of nitroso groups, excluding NO2 is 2. The molecule has 1 aromatic rings. The molecular formula is C17H31N7O4. The summed E-state index contributed by atoms with van der Waals surface area (Å²) in [6, 6.07) is -0.897. The third kappa shape index (κ3) is 6.71. The molecule has 158 valence electrons. The Labute approximate surface area is 164 Å². The lowest BCUT2D eigenvalue weighted by atomic mass is 9.92. The fourth-order valence-corrected chi connectivity index (χ4v) is 2.76. The van der Waals surface area contributed by atoms with Crippen molar-refractivity contribution < 1.29 is 4.92 Å². The highest BCUT2D eigenvalue weighted by molar-refractivity contribution is 5.06. The van der Waals surface area contributed by atoms with E-state index in [1.807, 2.05) is 27.7 Å². The van der Waals surface area contributed by atoms with Gasteiger partial charge in [0, 0.05) is 17.5 Å². The highest BCUT2D eigenvalue weighted by atomic mass is 16.6. The van der Waals surface area contributed by atoms with E-state index in [4.69, 9.17) is 0 Å². The van der Waals surface area contributed by atoms with Crippen LogP contribution >= 0.6 is 0 Å². The van der Waals surface area contributed by atoms with Crippen LogP contribution in [0.3, 0.4) is 0 Å².